The molecule has 0 aromatic carbocycles. The van der Waals surface area contributed by atoms with Gasteiger partial charge in [-0.25, -0.2) is 21.6 Å². The molecule has 0 amide bonds. The number of nitrogens with one attached hydrogen (secondary N) is 4. The number of H-pyrrole nitrogens is 3. The average molecular weight is 418 g/mol. The lowest BCUT2D eigenvalue weighted by Gasteiger charge is -2.15. The second kappa shape index (κ2) is 7.28. The number of unbranched alkanes of at least 4 members (excludes halogenated alkanes) is 1. The molecule has 0 fully saturated rings. The highest BCUT2D eigenvalue weighted by Gasteiger charge is 2.31. The van der Waals surface area contributed by atoms with Crippen LogP contribution >= 0.6 is 0 Å². The molecule has 0 unspecified atom stereocenters. The number of anilines is 1. The van der Waals surface area contributed by atoms with Gasteiger partial charge >= 0.3 is 5.69 Å². The van der Waals surface area contributed by atoms with E-state index in [2.05, 4.69) is 24.9 Å². The zero-order chi connectivity index (χ0) is 19.7. The zero-order valence-corrected chi connectivity index (χ0v) is 15.7. The SMILES string of the molecule is O=c1[nH]c2c(c(=O)[nH]1)CN(S(=O)(=O)CCCCS(=O)(=O)Nc1cn[nH]c1)C2. The third-order valence-corrected chi connectivity index (χ3v) is 7.25. The molecule has 0 radical (unpaired) electrons. The number of nitrogens with zero attached hydrogens (tertiary/aromatic N) is 2. The predicted molar refractivity (Wildman–Crippen MR) is 95.9 cm³/mol. The number of aromatic amines is 3. The van der Waals surface area contributed by atoms with E-state index < -0.39 is 31.3 Å². The molecule has 1 aliphatic heterocycles. The smallest absolute Gasteiger partial charge is 0.310 e. The highest BCUT2D eigenvalue weighted by Crippen LogP contribution is 2.21. The van der Waals surface area contributed by atoms with Crippen LogP contribution in [0.15, 0.2) is 22.0 Å². The van der Waals surface area contributed by atoms with Crippen molar-refractivity contribution < 1.29 is 16.8 Å². The first kappa shape index (κ1) is 19.3. The summed E-state index contributed by atoms with van der Waals surface area (Å²) in [5.74, 6) is -0.495. The van der Waals surface area contributed by atoms with E-state index in [9.17, 15) is 26.4 Å². The van der Waals surface area contributed by atoms with Gasteiger partial charge in [0, 0.05) is 18.4 Å². The Labute approximate surface area is 154 Å². The van der Waals surface area contributed by atoms with Crippen LogP contribution in [0.2, 0.25) is 0 Å². The van der Waals surface area contributed by atoms with Crippen LogP contribution in [0.25, 0.3) is 0 Å². The van der Waals surface area contributed by atoms with Gasteiger partial charge in [0.2, 0.25) is 20.0 Å². The molecule has 14 heteroatoms. The summed E-state index contributed by atoms with van der Waals surface area (Å²) in [6.07, 6.45) is 2.98. The monoisotopic (exact) mass is 418 g/mol. The molecule has 3 rings (SSSR count). The lowest BCUT2D eigenvalue weighted by molar-refractivity contribution is 0.428. The van der Waals surface area contributed by atoms with Crippen molar-refractivity contribution in [1.29, 1.82) is 0 Å². The van der Waals surface area contributed by atoms with Crippen molar-refractivity contribution in [3.05, 3.63) is 44.5 Å². The fourth-order valence-electron chi connectivity index (χ4n) is 2.71. The first-order chi connectivity index (χ1) is 12.7. The predicted octanol–water partition coefficient (Wildman–Crippen LogP) is -1.35. The molecule has 1 aliphatic rings. The molecular formula is C13H18N6O6S2. The number of rotatable bonds is 8. The summed E-state index contributed by atoms with van der Waals surface area (Å²) in [7, 11) is -7.30. The highest BCUT2D eigenvalue weighted by atomic mass is 32.2. The van der Waals surface area contributed by atoms with Gasteiger partial charge in [-0.3, -0.25) is 19.6 Å². The van der Waals surface area contributed by atoms with E-state index in [-0.39, 0.29) is 48.7 Å². The molecular weight excluding hydrogens is 400 g/mol. The molecule has 2 aromatic heterocycles. The van der Waals surface area contributed by atoms with Crippen molar-refractivity contribution in [2.75, 3.05) is 16.2 Å². The van der Waals surface area contributed by atoms with E-state index in [1.54, 1.807) is 0 Å². The van der Waals surface area contributed by atoms with Crippen LogP contribution in [-0.4, -0.2) is 52.8 Å². The Hall–Kier alpha value is -2.45. The van der Waals surface area contributed by atoms with Crippen LogP contribution in [0, 0.1) is 0 Å². The summed E-state index contributed by atoms with van der Waals surface area (Å²) in [5.41, 5.74) is -0.503. The van der Waals surface area contributed by atoms with Gasteiger partial charge in [0.05, 0.1) is 35.5 Å². The zero-order valence-electron chi connectivity index (χ0n) is 14.1. The molecule has 27 heavy (non-hydrogen) atoms. The molecule has 148 valence electrons. The van der Waals surface area contributed by atoms with Gasteiger partial charge in [0.15, 0.2) is 0 Å². The van der Waals surface area contributed by atoms with Gasteiger partial charge in [-0.1, -0.05) is 0 Å². The minimum absolute atomic E-state index is 0.0861. The van der Waals surface area contributed by atoms with Gasteiger partial charge in [0.1, 0.15) is 0 Å². The normalized spacial score (nSPS) is 15.0. The molecule has 12 nitrogen and oxygen atoms in total. The Balaban J connectivity index is 1.53. The highest BCUT2D eigenvalue weighted by molar-refractivity contribution is 7.92. The van der Waals surface area contributed by atoms with Crippen LogP contribution in [0.4, 0.5) is 5.69 Å². The van der Waals surface area contributed by atoms with Crippen LogP contribution in [-0.2, 0) is 33.1 Å². The van der Waals surface area contributed by atoms with E-state index in [4.69, 9.17) is 0 Å². The first-order valence-electron chi connectivity index (χ1n) is 7.98. The maximum atomic E-state index is 12.4. The Kier molecular flexibility index (Phi) is 5.21. The van der Waals surface area contributed by atoms with Crippen molar-refractivity contribution in [1.82, 2.24) is 24.5 Å². The van der Waals surface area contributed by atoms with E-state index in [1.165, 1.54) is 12.4 Å². The fraction of sp³-hybridized carbons (Fsp3) is 0.462. The van der Waals surface area contributed by atoms with Gasteiger partial charge in [-0.15, -0.1) is 0 Å². The summed E-state index contributed by atoms with van der Waals surface area (Å²) in [6.45, 7) is -0.207. The number of hydrogen-bond acceptors (Lipinski definition) is 7. The van der Waals surface area contributed by atoms with E-state index >= 15 is 0 Å². The summed E-state index contributed by atoms with van der Waals surface area (Å²) in [4.78, 5) is 27.5. The van der Waals surface area contributed by atoms with Gasteiger partial charge in [-0.05, 0) is 12.8 Å². The number of hydrogen-bond donors (Lipinski definition) is 4. The average Bonchev–Trinajstić information content (AvgIpc) is 3.21. The number of fused-ring (bicyclic) bond motifs is 1. The first-order valence-corrected chi connectivity index (χ1v) is 11.2. The Morgan fingerprint density at radius 1 is 1.07 bits per heavy atom. The third kappa shape index (κ3) is 4.64. The summed E-state index contributed by atoms with van der Waals surface area (Å²) in [5, 5.41) is 6.10. The second-order valence-electron chi connectivity index (χ2n) is 6.06. The van der Waals surface area contributed by atoms with Crippen LogP contribution in [0.3, 0.4) is 0 Å². The minimum Gasteiger partial charge on any atom is -0.310 e. The van der Waals surface area contributed by atoms with Crippen LogP contribution in [0.1, 0.15) is 24.1 Å². The Morgan fingerprint density at radius 3 is 2.52 bits per heavy atom. The van der Waals surface area contributed by atoms with Gasteiger partial charge < -0.3 is 4.98 Å². The van der Waals surface area contributed by atoms with Gasteiger partial charge in [0.25, 0.3) is 5.56 Å². The molecule has 0 atom stereocenters. The van der Waals surface area contributed by atoms with Crippen molar-refractivity contribution in [2.24, 2.45) is 0 Å². The van der Waals surface area contributed by atoms with E-state index in [0.717, 1.165) is 4.31 Å². The van der Waals surface area contributed by atoms with Crippen molar-refractivity contribution in [3.63, 3.8) is 0 Å². The van der Waals surface area contributed by atoms with Crippen molar-refractivity contribution in [2.45, 2.75) is 25.9 Å². The summed E-state index contributed by atoms with van der Waals surface area (Å²) >= 11 is 0. The fourth-order valence-corrected chi connectivity index (χ4v) is 5.35. The largest absolute Gasteiger partial charge is 0.325 e. The molecule has 4 N–H and O–H groups in total. The minimum atomic E-state index is -3.70. The Morgan fingerprint density at radius 2 is 1.81 bits per heavy atom. The van der Waals surface area contributed by atoms with Crippen molar-refractivity contribution >= 4 is 25.7 Å². The topological polar surface area (TPSA) is 178 Å². The maximum absolute atomic E-state index is 12.4. The molecule has 2 aromatic rings. The standard InChI is InChI=1S/C13H18N6O6S2/c20-12-10-7-19(8-11(10)16-13(21)17-12)27(24,25)4-2-1-3-26(22,23)18-9-5-14-15-6-9/h5-6,18H,1-4,7-8H2,(H,14,15)(H2,16,17,20,21). The Bertz CT molecular complexity index is 1130. The molecule has 0 saturated carbocycles. The third-order valence-electron chi connectivity index (χ3n) is 4.03. The molecule has 3 heterocycles. The molecule has 0 saturated heterocycles. The lowest BCUT2D eigenvalue weighted by Crippen LogP contribution is -2.29. The summed E-state index contributed by atoms with van der Waals surface area (Å²) < 4.78 is 52.1. The quantitative estimate of drug-likeness (QED) is 0.383. The molecule has 0 bridgehead atoms. The van der Waals surface area contributed by atoms with Crippen LogP contribution in [0.5, 0.6) is 0 Å². The second-order valence-corrected chi connectivity index (χ2v) is 9.99. The van der Waals surface area contributed by atoms with E-state index in [0.29, 0.717) is 5.69 Å². The summed E-state index contributed by atoms with van der Waals surface area (Å²) in [6, 6.07) is 0. The maximum Gasteiger partial charge on any atom is 0.325 e. The number of sulfonamides is 2. The van der Waals surface area contributed by atoms with Gasteiger partial charge in [-0.2, -0.15) is 9.40 Å². The molecule has 0 spiro atoms. The van der Waals surface area contributed by atoms with E-state index in [1.807, 2.05) is 0 Å². The van der Waals surface area contributed by atoms with Crippen molar-refractivity contribution in [3.8, 4) is 0 Å². The van der Waals surface area contributed by atoms with Crippen LogP contribution < -0.4 is 16.0 Å². The lowest BCUT2D eigenvalue weighted by atomic mass is 10.3. The number of aromatic nitrogens is 4. The molecule has 0 aliphatic carbocycles.